The third kappa shape index (κ3) is 5.80. The number of nitrogen functional groups attached to an aromatic ring is 1. The summed E-state index contributed by atoms with van der Waals surface area (Å²) in [7, 11) is 0. The number of carbonyl (C=O) groups is 1. The van der Waals surface area contributed by atoms with E-state index in [0.717, 1.165) is 30.9 Å². The van der Waals surface area contributed by atoms with Crippen molar-refractivity contribution in [3.05, 3.63) is 59.7 Å². The van der Waals surface area contributed by atoms with Gasteiger partial charge in [0.2, 0.25) is 0 Å². The molecule has 0 bridgehead atoms. The molecule has 0 aliphatic heterocycles. The van der Waals surface area contributed by atoms with Gasteiger partial charge in [-0.2, -0.15) is 0 Å². The van der Waals surface area contributed by atoms with Crippen molar-refractivity contribution in [2.24, 2.45) is 0 Å². The average molecular weight is 341 g/mol. The normalized spacial score (nSPS) is 10.7. The van der Waals surface area contributed by atoms with Crippen LogP contribution in [0.1, 0.15) is 29.8 Å². The molecule has 5 heteroatoms. The SMILES string of the molecule is CCN(CC)CCOc1ccccc1CNC(=O)c1cccc(N)c1. The van der Waals surface area contributed by atoms with E-state index in [1.54, 1.807) is 24.3 Å². The van der Waals surface area contributed by atoms with E-state index in [9.17, 15) is 4.79 Å². The van der Waals surface area contributed by atoms with Gasteiger partial charge in [0.1, 0.15) is 12.4 Å². The number of nitrogens with two attached hydrogens (primary N) is 1. The Balaban J connectivity index is 1.92. The Morgan fingerprint density at radius 2 is 1.88 bits per heavy atom. The van der Waals surface area contributed by atoms with Crippen LogP contribution < -0.4 is 15.8 Å². The Labute approximate surface area is 149 Å². The fourth-order valence-corrected chi connectivity index (χ4v) is 2.57. The van der Waals surface area contributed by atoms with Crippen LogP contribution in [0.4, 0.5) is 5.69 Å². The lowest BCUT2D eigenvalue weighted by atomic mass is 10.1. The number of nitrogens with zero attached hydrogens (tertiary/aromatic N) is 1. The van der Waals surface area contributed by atoms with Crippen molar-refractivity contribution < 1.29 is 9.53 Å². The topological polar surface area (TPSA) is 67.6 Å². The van der Waals surface area contributed by atoms with E-state index in [1.165, 1.54) is 0 Å². The highest BCUT2D eigenvalue weighted by atomic mass is 16.5. The van der Waals surface area contributed by atoms with E-state index in [-0.39, 0.29) is 5.91 Å². The van der Waals surface area contributed by atoms with Gasteiger partial charge in [-0.25, -0.2) is 0 Å². The Morgan fingerprint density at radius 1 is 1.12 bits per heavy atom. The zero-order chi connectivity index (χ0) is 18.1. The number of para-hydroxylation sites is 1. The minimum absolute atomic E-state index is 0.148. The predicted molar refractivity (Wildman–Crippen MR) is 102 cm³/mol. The van der Waals surface area contributed by atoms with Gasteiger partial charge < -0.3 is 20.7 Å². The molecule has 0 saturated carbocycles. The van der Waals surface area contributed by atoms with Crippen molar-refractivity contribution in [1.29, 1.82) is 0 Å². The molecule has 0 unspecified atom stereocenters. The second kappa shape index (κ2) is 9.69. The van der Waals surface area contributed by atoms with Crippen LogP contribution in [0.2, 0.25) is 0 Å². The van der Waals surface area contributed by atoms with Crippen LogP contribution in [0.25, 0.3) is 0 Å². The van der Waals surface area contributed by atoms with Crippen molar-refractivity contribution >= 4 is 11.6 Å². The van der Waals surface area contributed by atoms with Crippen LogP contribution in [-0.4, -0.2) is 37.0 Å². The van der Waals surface area contributed by atoms with E-state index in [0.29, 0.717) is 24.4 Å². The van der Waals surface area contributed by atoms with Gasteiger partial charge in [-0.15, -0.1) is 0 Å². The first kappa shape index (κ1) is 18.8. The number of ether oxygens (including phenoxy) is 1. The maximum absolute atomic E-state index is 12.2. The van der Waals surface area contributed by atoms with Gasteiger partial charge in [-0.1, -0.05) is 38.1 Å². The number of hydrogen-bond donors (Lipinski definition) is 2. The van der Waals surface area contributed by atoms with E-state index in [2.05, 4.69) is 24.1 Å². The molecule has 1 amide bonds. The third-order valence-corrected chi connectivity index (χ3v) is 4.12. The molecule has 0 spiro atoms. The molecule has 25 heavy (non-hydrogen) atoms. The number of carbonyl (C=O) groups excluding carboxylic acids is 1. The van der Waals surface area contributed by atoms with Crippen molar-refractivity contribution in [3.8, 4) is 5.75 Å². The lowest BCUT2D eigenvalue weighted by molar-refractivity contribution is 0.0950. The molecule has 0 heterocycles. The zero-order valence-electron chi connectivity index (χ0n) is 15.0. The van der Waals surface area contributed by atoms with Crippen LogP contribution >= 0.6 is 0 Å². The molecule has 0 saturated heterocycles. The molecule has 3 N–H and O–H groups in total. The second-order valence-corrected chi connectivity index (χ2v) is 5.79. The Morgan fingerprint density at radius 3 is 2.60 bits per heavy atom. The molecule has 0 aliphatic carbocycles. The lowest BCUT2D eigenvalue weighted by Gasteiger charge is -2.19. The van der Waals surface area contributed by atoms with E-state index in [4.69, 9.17) is 10.5 Å². The molecule has 0 aliphatic rings. The van der Waals surface area contributed by atoms with Crippen LogP contribution in [0.3, 0.4) is 0 Å². The molecule has 2 rings (SSSR count). The first-order chi connectivity index (χ1) is 12.1. The van der Waals surface area contributed by atoms with Gasteiger partial charge >= 0.3 is 0 Å². The number of hydrogen-bond acceptors (Lipinski definition) is 4. The smallest absolute Gasteiger partial charge is 0.251 e. The fraction of sp³-hybridized carbons (Fsp3) is 0.350. The molecule has 0 radical (unpaired) electrons. The molecule has 0 atom stereocenters. The van der Waals surface area contributed by atoms with E-state index >= 15 is 0 Å². The van der Waals surface area contributed by atoms with Gasteiger partial charge in [0.05, 0.1) is 0 Å². The van der Waals surface area contributed by atoms with Crippen molar-refractivity contribution in [3.63, 3.8) is 0 Å². The molecule has 2 aromatic rings. The van der Waals surface area contributed by atoms with Crippen LogP contribution in [0.15, 0.2) is 48.5 Å². The quantitative estimate of drug-likeness (QED) is 0.688. The third-order valence-electron chi connectivity index (χ3n) is 4.12. The lowest BCUT2D eigenvalue weighted by Crippen LogP contribution is -2.28. The van der Waals surface area contributed by atoms with Crippen molar-refractivity contribution in [2.45, 2.75) is 20.4 Å². The minimum atomic E-state index is -0.148. The standard InChI is InChI=1S/C20H27N3O2/c1-3-23(4-2)12-13-25-19-11-6-5-8-17(19)15-22-20(24)16-9-7-10-18(21)14-16/h5-11,14H,3-4,12-13,15,21H2,1-2H3,(H,22,24). The molecule has 2 aromatic carbocycles. The zero-order valence-corrected chi connectivity index (χ0v) is 15.0. The molecule has 5 nitrogen and oxygen atoms in total. The highest BCUT2D eigenvalue weighted by Gasteiger charge is 2.08. The van der Waals surface area contributed by atoms with E-state index in [1.807, 2.05) is 24.3 Å². The number of amides is 1. The Kier molecular flexibility index (Phi) is 7.29. The largest absolute Gasteiger partial charge is 0.492 e. The van der Waals surface area contributed by atoms with Gasteiger partial charge in [-0.05, 0) is 37.4 Å². The van der Waals surface area contributed by atoms with Crippen LogP contribution in [0.5, 0.6) is 5.75 Å². The number of benzene rings is 2. The Bertz CT molecular complexity index is 684. The number of anilines is 1. The van der Waals surface area contributed by atoms with Gasteiger partial charge in [0, 0.05) is 29.9 Å². The number of rotatable bonds is 9. The maximum Gasteiger partial charge on any atom is 0.251 e. The first-order valence-electron chi connectivity index (χ1n) is 8.70. The van der Waals surface area contributed by atoms with Crippen LogP contribution in [0, 0.1) is 0 Å². The fourth-order valence-electron chi connectivity index (χ4n) is 2.57. The highest BCUT2D eigenvalue weighted by molar-refractivity contribution is 5.94. The summed E-state index contributed by atoms with van der Waals surface area (Å²) in [6.07, 6.45) is 0. The first-order valence-corrected chi connectivity index (χ1v) is 8.70. The monoisotopic (exact) mass is 341 g/mol. The molecular weight excluding hydrogens is 314 g/mol. The number of nitrogens with one attached hydrogen (secondary N) is 1. The minimum Gasteiger partial charge on any atom is -0.492 e. The summed E-state index contributed by atoms with van der Waals surface area (Å²) in [5.41, 5.74) is 7.82. The van der Waals surface area contributed by atoms with Crippen molar-refractivity contribution in [2.75, 3.05) is 32.0 Å². The summed E-state index contributed by atoms with van der Waals surface area (Å²) < 4.78 is 5.92. The summed E-state index contributed by atoms with van der Waals surface area (Å²) >= 11 is 0. The van der Waals surface area contributed by atoms with Gasteiger partial charge in [0.15, 0.2) is 0 Å². The summed E-state index contributed by atoms with van der Waals surface area (Å²) in [6.45, 7) is 8.23. The maximum atomic E-state index is 12.2. The highest BCUT2D eigenvalue weighted by Crippen LogP contribution is 2.18. The van der Waals surface area contributed by atoms with Crippen LogP contribution in [-0.2, 0) is 6.54 Å². The summed E-state index contributed by atoms with van der Waals surface area (Å²) in [4.78, 5) is 14.6. The van der Waals surface area contributed by atoms with Gasteiger partial charge in [-0.3, -0.25) is 4.79 Å². The average Bonchev–Trinajstić information content (AvgIpc) is 2.64. The molecule has 0 fully saturated rings. The predicted octanol–water partition coefficient (Wildman–Crippen LogP) is 2.92. The second-order valence-electron chi connectivity index (χ2n) is 5.79. The van der Waals surface area contributed by atoms with E-state index < -0.39 is 0 Å². The van der Waals surface area contributed by atoms with Gasteiger partial charge in [0.25, 0.3) is 5.91 Å². The molecule has 0 aromatic heterocycles. The molecular formula is C20H27N3O2. The summed E-state index contributed by atoms with van der Waals surface area (Å²) in [6, 6.07) is 14.7. The van der Waals surface area contributed by atoms with Crippen molar-refractivity contribution in [1.82, 2.24) is 10.2 Å². The summed E-state index contributed by atoms with van der Waals surface area (Å²) in [5, 5.41) is 2.92. The summed E-state index contributed by atoms with van der Waals surface area (Å²) in [5.74, 6) is 0.660. The Hall–Kier alpha value is -2.53. The molecule has 134 valence electrons. The number of likely N-dealkylation sites (N-methyl/N-ethyl adjacent to an activating group) is 1.